The summed E-state index contributed by atoms with van der Waals surface area (Å²) in [6, 6.07) is 19.0. The highest BCUT2D eigenvalue weighted by Crippen LogP contribution is 2.46. The summed E-state index contributed by atoms with van der Waals surface area (Å²) in [4.78, 5) is 13.2. The van der Waals surface area contributed by atoms with Crippen LogP contribution in [-0.4, -0.2) is 18.9 Å². The summed E-state index contributed by atoms with van der Waals surface area (Å²) >= 11 is 0. The highest BCUT2D eigenvalue weighted by molar-refractivity contribution is 6.14. The zero-order chi connectivity index (χ0) is 19.5. The number of anilines is 4. The van der Waals surface area contributed by atoms with Gasteiger partial charge < -0.3 is 20.7 Å². The number of ether oxygens (including phenoxy) is 1. The average molecular weight is 373 g/mol. The maximum Gasteiger partial charge on any atom is 0.195 e. The van der Waals surface area contributed by atoms with E-state index in [0.29, 0.717) is 22.6 Å². The Morgan fingerprint density at radius 1 is 0.893 bits per heavy atom. The zero-order valence-corrected chi connectivity index (χ0v) is 16.0. The van der Waals surface area contributed by atoms with Gasteiger partial charge in [0, 0.05) is 42.2 Å². The van der Waals surface area contributed by atoms with Crippen molar-refractivity contribution in [2.24, 2.45) is 0 Å². The Hall–Kier alpha value is -3.47. The van der Waals surface area contributed by atoms with E-state index in [-0.39, 0.29) is 5.78 Å². The molecule has 142 valence electrons. The molecule has 0 radical (unpaired) electrons. The number of benzene rings is 3. The molecule has 0 aromatic heterocycles. The first-order valence-corrected chi connectivity index (χ1v) is 9.54. The van der Waals surface area contributed by atoms with Gasteiger partial charge in [0.25, 0.3) is 0 Å². The molecule has 5 nitrogen and oxygen atoms in total. The van der Waals surface area contributed by atoms with Gasteiger partial charge in [-0.3, -0.25) is 4.79 Å². The van der Waals surface area contributed by atoms with Crippen LogP contribution in [0.4, 0.5) is 22.7 Å². The van der Waals surface area contributed by atoms with Crippen LogP contribution in [0.2, 0.25) is 0 Å². The molecular formula is C23H23N3O2. The maximum atomic E-state index is 13.2. The fraction of sp³-hybridized carbons (Fsp3) is 0.174. The Morgan fingerprint density at radius 2 is 1.61 bits per heavy atom. The van der Waals surface area contributed by atoms with Gasteiger partial charge in [0.2, 0.25) is 0 Å². The first-order valence-electron chi connectivity index (χ1n) is 9.54. The number of nitrogens with one attached hydrogen (secondary N) is 3. The summed E-state index contributed by atoms with van der Waals surface area (Å²) in [6.45, 7) is 5.67. The number of rotatable bonds is 6. The van der Waals surface area contributed by atoms with Gasteiger partial charge in [0.1, 0.15) is 0 Å². The van der Waals surface area contributed by atoms with E-state index < -0.39 is 0 Å². The van der Waals surface area contributed by atoms with Crippen molar-refractivity contribution < 1.29 is 9.53 Å². The second kappa shape index (κ2) is 7.64. The minimum atomic E-state index is -0.0413. The Kier molecular flexibility index (Phi) is 4.89. The SMILES string of the molecule is CCNc1ccc2c(c1)Oc1cc(NCC)cc(C(=O)c3ccccc3)c1N2. The normalized spacial score (nSPS) is 11.5. The van der Waals surface area contributed by atoms with Crippen molar-refractivity contribution in [1.29, 1.82) is 0 Å². The molecule has 0 saturated heterocycles. The van der Waals surface area contributed by atoms with Gasteiger partial charge in [-0.2, -0.15) is 0 Å². The molecular weight excluding hydrogens is 350 g/mol. The third-order valence-corrected chi connectivity index (χ3v) is 4.61. The van der Waals surface area contributed by atoms with Crippen LogP contribution in [0.1, 0.15) is 29.8 Å². The van der Waals surface area contributed by atoms with Gasteiger partial charge in [0.05, 0.1) is 16.9 Å². The van der Waals surface area contributed by atoms with Gasteiger partial charge in [0.15, 0.2) is 17.3 Å². The smallest absolute Gasteiger partial charge is 0.195 e. The van der Waals surface area contributed by atoms with E-state index >= 15 is 0 Å². The van der Waals surface area contributed by atoms with Crippen LogP contribution in [-0.2, 0) is 0 Å². The molecule has 28 heavy (non-hydrogen) atoms. The number of ketones is 1. The first kappa shape index (κ1) is 17.9. The predicted molar refractivity (Wildman–Crippen MR) is 114 cm³/mol. The maximum absolute atomic E-state index is 13.2. The molecule has 4 rings (SSSR count). The third-order valence-electron chi connectivity index (χ3n) is 4.61. The number of carbonyl (C=O) groups excluding carboxylic acids is 1. The molecule has 1 aliphatic rings. The summed E-state index contributed by atoms with van der Waals surface area (Å²) in [7, 11) is 0. The molecule has 0 fully saturated rings. The van der Waals surface area contributed by atoms with Crippen LogP contribution >= 0.6 is 0 Å². The molecule has 0 atom stereocenters. The van der Waals surface area contributed by atoms with E-state index in [4.69, 9.17) is 4.74 Å². The van der Waals surface area contributed by atoms with E-state index in [2.05, 4.69) is 22.9 Å². The van der Waals surface area contributed by atoms with Crippen molar-refractivity contribution >= 4 is 28.5 Å². The molecule has 3 aromatic rings. The van der Waals surface area contributed by atoms with Crippen molar-refractivity contribution in [1.82, 2.24) is 0 Å². The van der Waals surface area contributed by atoms with Gasteiger partial charge >= 0.3 is 0 Å². The lowest BCUT2D eigenvalue weighted by Crippen LogP contribution is -2.12. The van der Waals surface area contributed by atoms with Crippen LogP contribution in [0, 0.1) is 0 Å². The Balaban J connectivity index is 1.78. The molecule has 1 aliphatic heterocycles. The van der Waals surface area contributed by atoms with Crippen LogP contribution in [0.25, 0.3) is 0 Å². The molecule has 0 saturated carbocycles. The number of hydrogen-bond acceptors (Lipinski definition) is 5. The molecule has 0 unspecified atom stereocenters. The fourth-order valence-electron chi connectivity index (χ4n) is 3.33. The van der Waals surface area contributed by atoms with E-state index in [1.165, 1.54) is 0 Å². The second-order valence-corrected chi connectivity index (χ2v) is 6.59. The zero-order valence-electron chi connectivity index (χ0n) is 16.0. The monoisotopic (exact) mass is 373 g/mol. The van der Waals surface area contributed by atoms with E-state index in [1.807, 2.05) is 67.6 Å². The average Bonchev–Trinajstić information content (AvgIpc) is 2.72. The van der Waals surface area contributed by atoms with E-state index in [9.17, 15) is 4.79 Å². The summed E-state index contributed by atoms with van der Waals surface area (Å²) in [5, 5.41) is 9.97. The molecule has 0 aliphatic carbocycles. The van der Waals surface area contributed by atoms with E-state index in [0.717, 1.165) is 35.9 Å². The number of fused-ring (bicyclic) bond motifs is 2. The second-order valence-electron chi connectivity index (χ2n) is 6.59. The van der Waals surface area contributed by atoms with Crippen LogP contribution in [0.15, 0.2) is 60.7 Å². The lowest BCUT2D eigenvalue weighted by atomic mass is 9.99. The standard InChI is InChI=1S/C23H23N3O2/c1-3-24-16-10-11-19-20(13-16)28-21-14-17(25-4-2)12-18(22(21)26-19)23(27)15-8-6-5-7-9-15/h5-14,24-26H,3-4H2,1-2H3. The van der Waals surface area contributed by atoms with Crippen molar-refractivity contribution in [3.63, 3.8) is 0 Å². The molecule has 0 spiro atoms. The summed E-state index contributed by atoms with van der Waals surface area (Å²) < 4.78 is 6.18. The van der Waals surface area contributed by atoms with Gasteiger partial charge in [-0.1, -0.05) is 30.3 Å². The first-order chi connectivity index (χ1) is 13.7. The van der Waals surface area contributed by atoms with Crippen LogP contribution in [0.3, 0.4) is 0 Å². The summed E-state index contributed by atoms with van der Waals surface area (Å²) in [5.41, 5.74) is 4.62. The summed E-state index contributed by atoms with van der Waals surface area (Å²) in [5.74, 6) is 1.33. The van der Waals surface area contributed by atoms with Crippen molar-refractivity contribution in [2.75, 3.05) is 29.0 Å². The Bertz CT molecular complexity index is 1020. The highest BCUT2D eigenvalue weighted by Gasteiger charge is 2.24. The van der Waals surface area contributed by atoms with Gasteiger partial charge in [-0.05, 0) is 32.0 Å². The third kappa shape index (κ3) is 3.39. The van der Waals surface area contributed by atoms with E-state index in [1.54, 1.807) is 0 Å². The largest absolute Gasteiger partial charge is 0.453 e. The molecule has 5 heteroatoms. The quantitative estimate of drug-likeness (QED) is 0.382. The minimum absolute atomic E-state index is 0.0413. The number of carbonyl (C=O) groups is 1. The van der Waals surface area contributed by atoms with Crippen molar-refractivity contribution in [3.05, 3.63) is 71.8 Å². The summed E-state index contributed by atoms with van der Waals surface area (Å²) in [6.07, 6.45) is 0. The lowest BCUT2D eigenvalue weighted by molar-refractivity contribution is 0.103. The van der Waals surface area contributed by atoms with Crippen LogP contribution in [0.5, 0.6) is 11.5 Å². The lowest BCUT2D eigenvalue weighted by Gasteiger charge is -2.25. The minimum Gasteiger partial charge on any atom is -0.453 e. The Morgan fingerprint density at radius 3 is 2.36 bits per heavy atom. The highest BCUT2D eigenvalue weighted by atomic mass is 16.5. The molecule has 3 aromatic carbocycles. The molecule has 1 heterocycles. The van der Waals surface area contributed by atoms with Crippen molar-refractivity contribution in [3.8, 4) is 11.5 Å². The molecule has 0 amide bonds. The van der Waals surface area contributed by atoms with Crippen molar-refractivity contribution in [2.45, 2.75) is 13.8 Å². The predicted octanol–water partition coefficient (Wildman–Crippen LogP) is 5.63. The van der Waals surface area contributed by atoms with Gasteiger partial charge in [-0.25, -0.2) is 0 Å². The Labute approximate surface area is 164 Å². The topological polar surface area (TPSA) is 62.4 Å². The molecule has 3 N–H and O–H groups in total. The molecule has 0 bridgehead atoms. The van der Waals surface area contributed by atoms with Crippen LogP contribution < -0.4 is 20.7 Å². The fourth-order valence-corrected chi connectivity index (χ4v) is 3.33. The van der Waals surface area contributed by atoms with Gasteiger partial charge in [-0.15, -0.1) is 0 Å². The number of hydrogen-bond donors (Lipinski definition) is 3.